The maximum atomic E-state index is 12.7. The van der Waals surface area contributed by atoms with Crippen molar-refractivity contribution in [1.82, 2.24) is 0 Å². The summed E-state index contributed by atoms with van der Waals surface area (Å²) in [7, 11) is 0. The molecule has 2 saturated carbocycles. The van der Waals surface area contributed by atoms with Gasteiger partial charge in [0.25, 0.3) is 0 Å². The van der Waals surface area contributed by atoms with E-state index in [0.29, 0.717) is 36.8 Å². The first-order chi connectivity index (χ1) is 21.7. The highest BCUT2D eigenvalue weighted by Crippen LogP contribution is 2.49. The van der Waals surface area contributed by atoms with Crippen molar-refractivity contribution in [2.45, 2.75) is 90.3 Å². The Morgan fingerprint density at radius 1 is 0.674 bits per heavy atom. The maximum Gasteiger partial charge on any atom is 0.320 e. The van der Waals surface area contributed by atoms with Crippen LogP contribution in [0.5, 0.6) is 0 Å². The number of hydrogen-bond donors (Lipinski definition) is 0. The molecule has 2 aliphatic carbocycles. The van der Waals surface area contributed by atoms with E-state index in [-0.39, 0.29) is 36.6 Å². The van der Waals surface area contributed by atoms with Gasteiger partial charge < -0.3 is 9.47 Å². The molecule has 248 valence electrons. The lowest BCUT2D eigenvalue weighted by Gasteiger charge is -2.32. The number of hydrogen-bond acceptors (Lipinski definition) is 10. The molecule has 4 atom stereocenters. The van der Waals surface area contributed by atoms with Gasteiger partial charge >= 0.3 is 11.9 Å². The van der Waals surface area contributed by atoms with Gasteiger partial charge in [-0.15, -0.1) is 0 Å². The van der Waals surface area contributed by atoms with E-state index in [9.17, 15) is 39.4 Å². The summed E-state index contributed by atoms with van der Waals surface area (Å²) in [5.41, 5.74) is -1.64. The molecule has 2 fully saturated rings. The summed E-state index contributed by atoms with van der Waals surface area (Å²) in [6.07, 6.45) is 1.46. The highest BCUT2D eigenvalue weighted by Gasteiger charge is 2.58. The molecule has 12 heteroatoms. The van der Waals surface area contributed by atoms with Crippen molar-refractivity contribution in [1.29, 1.82) is 0 Å². The molecular formula is C34H42N2O10. The molecule has 0 unspecified atom stereocenters. The summed E-state index contributed by atoms with van der Waals surface area (Å²) in [5, 5.41) is 22.4. The molecule has 4 rings (SSSR count). The quantitative estimate of drug-likeness (QED) is 0.125. The van der Waals surface area contributed by atoms with E-state index in [4.69, 9.17) is 9.47 Å². The Hall–Kier alpha value is -4.48. The molecular weight excluding hydrogens is 596 g/mol. The van der Waals surface area contributed by atoms with Crippen molar-refractivity contribution in [2.24, 2.45) is 10.8 Å². The minimum atomic E-state index is -1.45. The Kier molecular flexibility index (Phi) is 12.3. The minimum absolute atomic E-state index is 0.251. The third kappa shape index (κ3) is 8.02. The van der Waals surface area contributed by atoms with Gasteiger partial charge in [-0.05, 0) is 64.5 Å². The molecule has 0 bridgehead atoms. The molecule has 0 heterocycles. The van der Waals surface area contributed by atoms with Gasteiger partial charge in [0.2, 0.25) is 13.1 Å². The van der Waals surface area contributed by atoms with Crippen LogP contribution in [-0.4, -0.2) is 58.6 Å². The van der Waals surface area contributed by atoms with Crippen molar-refractivity contribution in [3.8, 4) is 0 Å². The molecule has 12 nitrogen and oxygen atoms in total. The molecule has 0 spiro atoms. The van der Waals surface area contributed by atoms with Gasteiger partial charge in [-0.2, -0.15) is 0 Å². The monoisotopic (exact) mass is 638 g/mol. The first-order valence-corrected chi connectivity index (χ1v) is 15.6. The van der Waals surface area contributed by atoms with Gasteiger partial charge in [-0.3, -0.25) is 39.4 Å². The number of esters is 2. The lowest BCUT2D eigenvalue weighted by atomic mass is 9.70. The number of carbonyl (C=O) groups excluding carboxylic acids is 4. The molecule has 0 saturated heterocycles. The summed E-state index contributed by atoms with van der Waals surface area (Å²) >= 11 is 0. The van der Waals surface area contributed by atoms with Gasteiger partial charge in [-0.25, -0.2) is 0 Å². The number of benzene rings is 2. The molecule has 0 aliphatic heterocycles. The molecule has 46 heavy (non-hydrogen) atoms. The summed E-state index contributed by atoms with van der Waals surface area (Å²) in [5.74, 6) is -3.38. The van der Waals surface area contributed by atoms with Crippen molar-refractivity contribution >= 4 is 23.5 Å². The number of carbonyl (C=O) groups is 4. The predicted molar refractivity (Wildman–Crippen MR) is 167 cm³/mol. The summed E-state index contributed by atoms with van der Waals surface area (Å²) in [4.78, 5) is 72.0. The van der Waals surface area contributed by atoms with Crippen LogP contribution in [0.4, 0.5) is 0 Å². The largest absolute Gasteiger partial charge is 0.462 e. The zero-order valence-electron chi connectivity index (χ0n) is 26.7. The zero-order chi connectivity index (χ0) is 34.1. The van der Waals surface area contributed by atoms with Crippen molar-refractivity contribution < 1.29 is 38.5 Å². The van der Waals surface area contributed by atoms with Crippen LogP contribution in [-0.2, 0) is 28.7 Å². The van der Waals surface area contributed by atoms with Crippen LogP contribution in [0, 0.1) is 31.1 Å². The normalized spacial score (nSPS) is 22.1. The summed E-state index contributed by atoms with van der Waals surface area (Å²) in [6, 6.07) is 17.5. The SMILES string of the molecule is CC(C)OC(=O)[C@]1([C@@H](C[N+](=O)[O-])c2ccccc2)CCCC1=O.CC(C)OC(=O)[C@]1([C@@H](C[N+](=O)[O-])c2ccccc2)CCCC1=O. The van der Waals surface area contributed by atoms with Crippen LogP contribution >= 0.6 is 0 Å². The smallest absolute Gasteiger partial charge is 0.320 e. The maximum absolute atomic E-state index is 12.7. The highest BCUT2D eigenvalue weighted by molar-refractivity contribution is 6.07. The van der Waals surface area contributed by atoms with E-state index in [0.717, 1.165) is 0 Å². The molecule has 2 aliphatic rings. The van der Waals surface area contributed by atoms with Gasteiger partial charge in [0.1, 0.15) is 10.8 Å². The van der Waals surface area contributed by atoms with Crippen LogP contribution in [0.15, 0.2) is 60.7 Å². The average Bonchev–Trinajstić information content (AvgIpc) is 3.58. The summed E-state index contributed by atoms with van der Waals surface area (Å²) < 4.78 is 10.6. The van der Waals surface area contributed by atoms with Crippen LogP contribution in [0.2, 0.25) is 0 Å². The van der Waals surface area contributed by atoms with Crippen LogP contribution in [0.1, 0.15) is 89.2 Å². The number of ether oxygens (including phenoxy) is 2. The van der Waals surface area contributed by atoms with Crippen molar-refractivity contribution in [2.75, 3.05) is 13.1 Å². The summed E-state index contributed by atoms with van der Waals surface area (Å²) in [6.45, 7) is 5.88. The molecule has 2 aromatic carbocycles. The first kappa shape index (κ1) is 36.0. The molecule has 0 amide bonds. The Bertz CT molecular complexity index is 1300. The van der Waals surface area contributed by atoms with Gasteiger partial charge in [0.15, 0.2) is 11.6 Å². The second kappa shape index (κ2) is 15.7. The number of nitro groups is 2. The molecule has 0 radical (unpaired) electrons. The fraction of sp³-hybridized carbons (Fsp3) is 0.529. The standard InChI is InChI=1S/2C17H21NO5/c2*1-12(2)23-16(20)17(10-6-9-15(17)19)14(11-18(21)22)13-7-4-3-5-8-13/h2*3-5,7-8,12,14H,6,9-11H2,1-2H3/t2*14-,17-/m00/s1. The van der Waals surface area contributed by atoms with Crippen LogP contribution in [0.3, 0.4) is 0 Å². The average molecular weight is 639 g/mol. The highest BCUT2D eigenvalue weighted by atomic mass is 16.6. The van der Waals surface area contributed by atoms with E-state index >= 15 is 0 Å². The number of Topliss-reactive ketones (excluding diaryl/α,β-unsaturated/α-hetero) is 2. The van der Waals surface area contributed by atoms with E-state index < -0.39 is 57.5 Å². The second-order valence-electron chi connectivity index (χ2n) is 12.4. The van der Waals surface area contributed by atoms with Crippen LogP contribution in [0.25, 0.3) is 0 Å². The third-order valence-electron chi connectivity index (χ3n) is 8.62. The van der Waals surface area contributed by atoms with Gasteiger partial charge in [0, 0.05) is 22.7 Å². The van der Waals surface area contributed by atoms with E-state index in [1.54, 1.807) is 88.4 Å². The fourth-order valence-electron chi connectivity index (χ4n) is 6.63. The number of ketones is 2. The van der Waals surface area contributed by atoms with Gasteiger partial charge in [-0.1, -0.05) is 60.7 Å². The third-order valence-corrected chi connectivity index (χ3v) is 8.62. The number of nitrogens with zero attached hydrogens (tertiary/aromatic N) is 2. The lowest BCUT2D eigenvalue weighted by molar-refractivity contribution is -0.485. The molecule has 2 aromatic rings. The Labute approximate surface area is 268 Å². The van der Waals surface area contributed by atoms with E-state index in [1.807, 2.05) is 0 Å². The predicted octanol–water partition coefficient (Wildman–Crippen LogP) is 5.48. The first-order valence-electron chi connectivity index (χ1n) is 15.6. The Balaban J connectivity index is 0.000000250. The second-order valence-corrected chi connectivity index (χ2v) is 12.4. The minimum Gasteiger partial charge on any atom is -0.462 e. The fourth-order valence-corrected chi connectivity index (χ4v) is 6.63. The topological polar surface area (TPSA) is 173 Å². The van der Waals surface area contributed by atoms with E-state index in [2.05, 4.69) is 0 Å². The number of rotatable bonds is 12. The molecule has 0 N–H and O–H groups in total. The van der Waals surface area contributed by atoms with Crippen LogP contribution < -0.4 is 0 Å². The zero-order valence-corrected chi connectivity index (χ0v) is 26.7. The Morgan fingerprint density at radius 2 is 1.00 bits per heavy atom. The Morgan fingerprint density at radius 3 is 1.24 bits per heavy atom. The lowest BCUT2D eigenvalue weighted by Crippen LogP contribution is -2.45. The van der Waals surface area contributed by atoms with Crippen molar-refractivity contribution in [3.05, 3.63) is 92.0 Å². The van der Waals surface area contributed by atoms with Crippen molar-refractivity contribution in [3.63, 3.8) is 0 Å². The van der Waals surface area contributed by atoms with E-state index in [1.165, 1.54) is 0 Å². The molecule has 0 aromatic heterocycles. The van der Waals surface area contributed by atoms with Gasteiger partial charge in [0.05, 0.1) is 24.0 Å².